The zero-order chi connectivity index (χ0) is 16.3. The lowest BCUT2D eigenvalue weighted by atomic mass is 10.3. The second-order valence-corrected chi connectivity index (χ2v) is 7.66. The first-order chi connectivity index (χ1) is 10.3. The van der Waals surface area contributed by atoms with Crippen molar-refractivity contribution in [3.05, 3.63) is 34.3 Å². The van der Waals surface area contributed by atoms with Crippen molar-refractivity contribution < 1.29 is 18.3 Å². The lowest BCUT2D eigenvalue weighted by Gasteiger charge is -2.05. The molecule has 0 atom stereocenters. The predicted octanol–water partition coefficient (Wildman–Crippen LogP) is 1.74. The van der Waals surface area contributed by atoms with E-state index in [-0.39, 0.29) is 22.4 Å². The maximum Gasteiger partial charge on any atom is 0.345 e. The number of nitrogens with one attached hydrogen (secondary N) is 1. The molecule has 2 aromatic heterocycles. The Hall–Kier alpha value is -1.71. The second-order valence-electron chi connectivity index (χ2n) is 4.98. The predicted molar refractivity (Wildman–Crippen MR) is 82.8 cm³/mol. The van der Waals surface area contributed by atoms with Crippen LogP contribution >= 0.6 is 11.3 Å². The number of rotatable bonds is 7. The molecule has 2 heterocycles. The molecule has 0 bridgehead atoms. The average Bonchev–Trinajstić information content (AvgIpc) is 3.07. The molecule has 0 fully saturated rings. The van der Waals surface area contributed by atoms with Crippen molar-refractivity contribution in [1.29, 1.82) is 0 Å². The zero-order valence-corrected chi connectivity index (χ0v) is 13.8. The molecule has 0 aromatic carbocycles. The molecule has 9 heteroatoms. The van der Waals surface area contributed by atoms with Gasteiger partial charge in [-0.2, -0.15) is 5.10 Å². The molecule has 0 saturated heterocycles. The molecule has 22 heavy (non-hydrogen) atoms. The van der Waals surface area contributed by atoms with Gasteiger partial charge in [0.05, 0.1) is 10.6 Å². The van der Waals surface area contributed by atoms with E-state index >= 15 is 0 Å². The van der Waals surface area contributed by atoms with Gasteiger partial charge in [-0.25, -0.2) is 17.9 Å². The third-order valence-corrected chi connectivity index (χ3v) is 5.47. The molecule has 2 N–H and O–H groups in total. The summed E-state index contributed by atoms with van der Waals surface area (Å²) in [5, 5.41) is 14.5. The summed E-state index contributed by atoms with van der Waals surface area (Å²) in [6.07, 6.45) is 2.32. The van der Waals surface area contributed by atoms with Crippen LogP contribution in [0, 0.1) is 0 Å². The summed E-state index contributed by atoms with van der Waals surface area (Å²) in [6, 6.07) is 3.26. The molecule has 7 nitrogen and oxygen atoms in total. The number of carbonyl (C=O) groups is 1. The van der Waals surface area contributed by atoms with E-state index in [1.807, 2.05) is 30.8 Å². The number of aromatic nitrogens is 2. The third-order valence-electron chi connectivity index (χ3n) is 2.96. The smallest absolute Gasteiger partial charge is 0.345 e. The van der Waals surface area contributed by atoms with E-state index < -0.39 is 16.0 Å². The van der Waals surface area contributed by atoms with Crippen LogP contribution in [0.2, 0.25) is 0 Å². The number of nitrogens with zero attached hydrogens (tertiary/aromatic N) is 2. The average molecular weight is 343 g/mol. The molecule has 0 saturated carbocycles. The van der Waals surface area contributed by atoms with Crippen molar-refractivity contribution in [2.24, 2.45) is 0 Å². The second kappa shape index (κ2) is 6.59. The summed E-state index contributed by atoms with van der Waals surface area (Å²) in [6.45, 7) is 4.22. The standard InChI is InChI=1S/C13H17N3O4S2/c1-9(2)16-6-4-10(15-16)3-5-14-22(19,20)11-7-12(13(17)18)21-8-11/h4,6-9,14H,3,5H2,1-2H3,(H,17,18). The van der Waals surface area contributed by atoms with Crippen LogP contribution in [-0.4, -0.2) is 35.8 Å². The fraction of sp³-hybridized carbons (Fsp3) is 0.385. The van der Waals surface area contributed by atoms with Crippen LogP contribution in [0.25, 0.3) is 0 Å². The number of carboxylic acid groups (broad SMARTS) is 1. The van der Waals surface area contributed by atoms with Crippen LogP contribution in [-0.2, 0) is 16.4 Å². The van der Waals surface area contributed by atoms with Crippen molar-refractivity contribution >= 4 is 27.3 Å². The van der Waals surface area contributed by atoms with Crippen molar-refractivity contribution in [1.82, 2.24) is 14.5 Å². The molecule has 0 amide bonds. The van der Waals surface area contributed by atoms with E-state index in [1.165, 1.54) is 5.38 Å². The van der Waals surface area contributed by atoms with Crippen LogP contribution in [0.1, 0.15) is 35.3 Å². The maximum atomic E-state index is 12.0. The maximum absolute atomic E-state index is 12.0. The number of aromatic carboxylic acids is 1. The van der Waals surface area contributed by atoms with Crippen molar-refractivity contribution in [3.63, 3.8) is 0 Å². The Morgan fingerprint density at radius 2 is 2.23 bits per heavy atom. The van der Waals surface area contributed by atoms with Gasteiger partial charge in [0.1, 0.15) is 4.88 Å². The highest BCUT2D eigenvalue weighted by Gasteiger charge is 2.18. The lowest BCUT2D eigenvalue weighted by molar-refractivity contribution is 0.0702. The lowest BCUT2D eigenvalue weighted by Crippen LogP contribution is -2.25. The van der Waals surface area contributed by atoms with Gasteiger partial charge in [0.25, 0.3) is 0 Å². The van der Waals surface area contributed by atoms with Crippen LogP contribution < -0.4 is 4.72 Å². The largest absolute Gasteiger partial charge is 0.477 e. The van der Waals surface area contributed by atoms with Gasteiger partial charge in [-0.1, -0.05) is 0 Å². The van der Waals surface area contributed by atoms with Gasteiger partial charge in [-0.15, -0.1) is 11.3 Å². The Bertz CT molecular complexity index is 762. The van der Waals surface area contributed by atoms with Crippen LogP contribution in [0.4, 0.5) is 0 Å². The Balaban J connectivity index is 1.95. The summed E-state index contributed by atoms with van der Waals surface area (Å²) < 4.78 is 28.4. The van der Waals surface area contributed by atoms with Crippen molar-refractivity contribution in [2.45, 2.75) is 31.2 Å². The van der Waals surface area contributed by atoms with Gasteiger partial charge < -0.3 is 5.11 Å². The highest BCUT2D eigenvalue weighted by atomic mass is 32.2. The fourth-order valence-electron chi connectivity index (χ4n) is 1.77. The number of hydrogen-bond donors (Lipinski definition) is 2. The van der Waals surface area contributed by atoms with E-state index in [1.54, 1.807) is 0 Å². The first-order valence-electron chi connectivity index (χ1n) is 6.65. The van der Waals surface area contributed by atoms with Crippen LogP contribution in [0.5, 0.6) is 0 Å². The molecular formula is C13H17N3O4S2. The number of carboxylic acids is 1. The SMILES string of the molecule is CC(C)n1ccc(CCNS(=O)(=O)c2csc(C(=O)O)c2)n1. The van der Waals surface area contributed by atoms with Gasteiger partial charge >= 0.3 is 5.97 Å². The van der Waals surface area contributed by atoms with E-state index in [9.17, 15) is 13.2 Å². The van der Waals surface area contributed by atoms with Crippen LogP contribution in [0.15, 0.2) is 28.6 Å². The molecule has 120 valence electrons. The number of thiophene rings is 1. The van der Waals surface area contributed by atoms with Crippen molar-refractivity contribution in [3.8, 4) is 0 Å². The van der Waals surface area contributed by atoms with E-state index in [4.69, 9.17) is 5.11 Å². The van der Waals surface area contributed by atoms with Gasteiger partial charge in [-0.3, -0.25) is 4.68 Å². The summed E-state index contributed by atoms with van der Waals surface area (Å²) in [7, 11) is -3.69. The van der Waals surface area contributed by atoms with Gasteiger partial charge in [0.2, 0.25) is 10.0 Å². The third kappa shape index (κ3) is 3.93. The minimum Gasteiger partial charge on any atom is -0.477 e. The molecule has 0 aliphatic rings. The first-order valence-corrected chi connectivity index (χ1v) is 9.01. The molecule has 0 spiro atoms. The van der Waals surface area contributed by atoms with E-state index in [0.29, 0.717) is 6.42 Å². The fourth-order valence-corrected chi connectivity index (χ4v) is 3.91. The van der Waals surface area contributed by atoms with Gasteiger partial charge in [0.15, 0.2) is 0 Å². The van der Waals surface area contributed by atoms with Crippen LogP contribution in [0.3, 0.4) is 0 Å². The molecule has 0 aliphatic heterocycles. The zero-order valence-electron chi connectivity index (χ0n) is 12.2. The number of sulfonamides is 1. The Morgan fingerprint density at radius 3 is 2.77 bits per heavy atom. The minimum atomic E-state index is -3.69. The highest BCUT2D eigenvalue weighted by molar-refractivity contribution is 7.89. The molecule has 2 aromatic rings. The summed E-state index contributed by atoms with van der Waals surface area (Å²) >= 11 is 0.886. The molecule has 0 unspecified atom stereocenters. The number of hydrogen-bond acceptors (Lipinski definition) is 5. The van der Waals surface area contributed by atoms with Gasteiger partial charge in [-0.05, 0) is 26.0 Å². The summed E-state index contributed by atoms with van der Waals surface area (Å²) in [5.74, 6) is -1.13. The highest BCUT2D eigenvalue weighted by Crippen LogP contribution is 2.19. The Labute approximate surface area is 132 Å². The molecular weight excluding hydrogens is 326 g/mol. The monoisotopic (exact) mass is 343 g/mol. The van der Waals surface area contributed by atoms with Crippen molar-refractivity contribution in [2.75, 3.05) is 6.54 Å². The minimum absolute atomic E-state index is 0.00366. The normalized spacial score (nSPS) is 12.0. The Kier molecular flexibility index (Phi) is 4.99. The molecule has 2 rings (SSSR count). The van der Waals surface area contributed by atoms with E-state index in [0.717, 1.165) is 23.1 Å². The summed E-state index contributed by atoms with van der Waals surface area (Å²) in [4.78, 5) is 10.8. The van der Waals surface area contributed by atoms with E-state index in [2.05, 4.69) is 9.82 Å². The molecule has 0 radical (unpaired) electrons. The molecule has 0 aliphatic carbocycles. The topological polar surface area (TPSA) is 101 Å². The quantitative estimate of drug-likeness (QED) is 0.797. The Morgan fingerprint density at radius 1 is 1.50 bits per heavy atom. The summed E-state index contributed by atoms with van der Waals surface area (Å²) in [5.41, 5.74) is 0.799. The first kappa shape index (κ1) is 16.7. The van der Waals surface area contributed by atoms with Gasteiger partial charge in [0, 0.05) is 30.6 Å².